The number of nitriles is 2. The van der Waals surface area contributed by atoms with Gasteiger partial charge in [0, 0.05) is 34.0 Å². The molecule has 186 valence electrons. The Morgan fingerprint density at radius 1 is 1.08 bits per heavy atom. The molecule has 8 nitrogen and oxygen atoms in total. The smallest absolute Gasteiger partial charge is 0.271 e. The summed E-state index contributed by atoms with van der Waals surface area (Å²) in [4.78, 5) is 20.3. The van der Waals surface area contributed by atoms with E-state index < -0.39 is 4.92 Å². The second-order valence-electron chi connectivity index (χ2n) is 10.1. The summed E-state index contributed by atoms with van der Waals surface area (Å²) in [6.45, 7) is 4.37. The molecular formula is C30H23N5O3. The standard InChI is InChI=1S/C30H23N5O3/c1-30(2)13-11-18(12-14-30)21(19(16-31)17-32)8-9-24-28-27(22-5-3-4-6-23(22)29(24)36)34-26-15-20(35(37)38)7-10-25(26)33-28/h3-11,15,36H,12-14H2,1-2H3/b9-8+. The maximum atomic E-state index is 11.3. The Kier molecular flexibility index (Phi) is 6.10. The third kappa shape index (κ3) is 4.33. The van der Waals surface area contributed by atoms with Crippen molar-refractivity contribution < 1.29 is 10.0 Å². The van der Waals surface area contributed by atoms with Crippen LogP contribution in [0.3, 0.4) is 0 Å². The number of hydrogen-bond donors (Lipinski definition) is 1. The van der Waals surface area contributed by atoms with Crippen molar-refractivity contribution in [3.8, 4) is 17.9 Å². The molecule has 8 heteroatoms. The topological polar surface area (TPSA) is 137 Å². The van der Waals surface area contributed by atoms with Crippen molar-refractivity contribution in [2.45, 2.75) is 33.1 Å². The lowest BCUT2D eigenvalue weighted by Crippen LogP contribution is -2.15. The lowest BCUT2D eigenvalue weighted by molar-refractivity contribution is -0.384. The van der Waals surface area contributed by atoms with Crippen LogP contribution >= 0.6 is 0 Å². The van der Waals surface area contributed by atoms with Gasteiger partial charge < -0.3 is 5.11 Å². The number of nitrogens with zero attached hydrogens (tertiary/aromatic N) is 5. The minimum atomic E-state index is -0.481. The Morgan fingerprint density at radius 3 is 2.45 bits per heavy atom. The van der Waals surface area contributed by atoms with E-state index in [1.807, 2.05) is 24.3 Å². The van der Waals surface area contributed by atoms with Crippen molar-refractivity contribution in [1.29, 1.82) is 10.5 Å². The van der Waals surface area contributed by atoms with Crippen molar-refractivity contribution in [2.75, 3.05) is 0 Å². The Labute approximate surface area is 218 Å². The van der Waals surface area contributed by atoms with Crippen LogP contribution in [0.2, 0.25) is 0 Å². The molecule has 0 radical (unpaired) electrons. The molecule has 1 heterocycles. The molecule has 0 aliphatic heterocycles. The number of hydrogen-bond acceptors (Lipinski definition) is 7. The molecule has 0 bridgehead atoms. The summed E-state index contributed by atoms with van der Waals surface area (Å²) in [5, 5.41) is 43.1. The molecule has 0 saturated heterocycles. The second kappa shape index (κ2) is 9.42. The number of phenolic OH excluding ortho intramolecular Hbond substituents is 1. The molecule has 0 unspecified atom stereocenters. The molecular weight excluding hydrogens is 478 g/mol. The van der Waals surface area contributed by atoms with Crippen LogP contribution in [0, 0.1) is 38.2 Å². The first-order valence-corrected chi connectivity index (χ1v) is 12.1. The summed E-state index contributed by atoms with van der Waals surface area (Å²) in [6, 6.07) is 15.5. The van der Waals surface area contributed by atoms with Gasteiger partial charge in [0.1, 0.15) is 29.0 Å². The third-order valence-corrected chi connectivity index (χ3v) is 7.03. The van der Waals surface area contributed by atoms with Gasteiger partial charge in [0.25, 0.3) is 5.69 Å². The summed E-state index contributed by atoms with van der Waals surface area (Å²) in [7, 11) is 0. The number of benzene rings is 3. The number of nitro benzene ring substituents is 1. The highest BCUT2D eigenvalue weighted by atomic mass is 16.6. The molecule has 1 aromatic heterocycles. The van der Waals surface area contributed by atoms with E-state index in [2.05, 4.69) is 19.9 Å². The fourth-order valence-corrected chi connectivity index (χ4v) is 4.83. The van der Waals surface area contributed by atoms with Crippen LogP contribution in [-0.2, 0) is 0 Å². The maximum absolute atomic E-state index is 11.3. The number of nitro groups is 1. The molecule has 0 saturated carbocycles. The highest BCUT2D eigenvalue weighted by Crippen LogP contribution is 2.40. The zero-order valence-corrected chi connectivity index (χ0v) is 20.9. The van der Waals surface area contributed by atoms with Crippen LogP contribution in [0.4, 0.5) is 5.69 Å². The first kappa shape index (κ1) is 24.6. The quantitative estimate of drug-likeness (QED) is 0.0790. The van der Waals surface area contributed by atoms with Gasteiger partial charge in [0.15, 0.2) is 0 Å². The fourth-order valence-electron chi connectivity index (χ4n) is 4.83. The van der Waals surface area contributed by atoms with Gasteiger partial charge in [-0.3, -0.25) is 10.1 Å². The number of fused-ring (bicyclic) bond motifs is 4. The monoisotopic (exact) mass is 501 g/mol. The average molecular weight is 502 g/mol. The highest BCUT2D eigenvalue weighted by molar-refractivity contribution is 6.12. The molecule has 1 N–H and O–H groups in total. The summed E-state index contributed by atoms with van der Waals surface area (Å²) in [6.07, 6.45) is 7.92. The molecule has 3 aromatic carbocycles. The molecule has 0 spiro atoms. The number of allylic oxidation sites excluding steroid dienone is 5. The van der Waals surface area contributed by atoms with E-state index in [9.17, 15) is 25.7 Å². The third-order valence-electron chi connectivity index (χ3n) is 7.03. The lowest BCUT2D eigenvalue weighted by atomic mass is 9.76. The fraction of sp³-hybridized carbons (Fsp3) is 0.200. The van der Waals surface area contributed by atoms with E-state index in [4.69, 9.17) is 9.97 Å². The predicted octanol–water partition coefficient (Wildman–Crippen LogP) is 7.04. The molecule has 5 rings (SSSR count). The van der Waals surface area contributed by atoms with E-state index in [0.29, 0.717) is 44.0 Å². The Balaban J connectivity index is 1.76. The number of non-ortho nitro benzene ring substituents is 1. The van der Waals surface area contributed by atoms with Gasteiger partial charge in [-0.2, -0.15) is 10.5 Å². The van der Waals surface area contributed by atoms with Crippen molar-refractivity contribution in [3.05, 3.63) is 87.0 Å². The van der Waals surface area contributed by atoms with E-state index >= 15 is 0 Å². The number of phenols is 1. The van der Waals surface area contributed by atoms with Gasteiger partial charge in [-0.05, 0) is 42.4 Å². The molecule has 0 fully saturated rings. The highest BCUT2D eigenvalue weighted by Gasteiger charge is 2.24. The van der Waals surface area contributed by atoms with E-state index in [-0.39, 0.29) is 22.4 Å². The SMILES string of the molecule is CC1(C)CC=C(C(/C=C/c2c(O)c3ccccc3c3nc4cc([N+](=O)[O-])ccc4nc23)=C(C#N)C#N)CC1. The van der Waals surface area contributed by atoms with Crippen molar-refractivity contribution in [1.82, 2.24) is 9.97 Å². The first-order chi connectivity index (χ1) is 18.2. The van der Waals surface area contributed by atoms with Crippen LogP contribution in [0.5, 0.6) is 5.75 Å². The lowest BCUT2D eigenvalue weighted by Gasteiger charge is -2.29. The Morgan fingerprint density at radius 2 is 1.79 bits per heavy atom. The number of aromatic hydroxyl groups is 1. The van der Waals surface area contributed by atoms with Crippen LogP contribution in [0.15, 0.2) is 71.3 Å². The van der Waals surface area contributed by atoms with Crippen molar-refractivity contribution in [3.63, 3.8) is 0 Å². The molecule has 0 atom stereocenters. The summed E-state index contributed by atoms with van der Waals surface area (Å²) in [5.41, 5.74) is 3.59. The summed E-state index contributed by atoms with van der Waals surface area (Å²) in [5.74, 6) is -0.00603. The van der Waals surface area contributed by atoms with E-state index in [0.717, 1.165) is 24.8 Å². The molecule has 0 amide bonds. The number of aromatic nitrogens is 2. The van der Waals surface area contributed by atoms with Crippen LogP contribution < -0.4 is 0 Å². The Hall–Kier alpha value is -5.08. The minimum absolute atomic E-state index is 0.000587. The summed E-state index contributed by atoms with van der Waals surface area (Å²) < 4.78 is 0. The second-order valence-corrected chi connectivity index (χ2v) is 10.1. The molecule has 1 aliphatic rings. The van der Waals surface area contributed by atoms with Crippen LogP contribution in [0.1, 0.15) is 38.7 Å². The normalized spacial score (nSPS) is 14.8. The van der Waals surface area contributed by atoms with Crippen molar-refractivity contribution >= 4 is 44.6 Å². The van der Waals surface area contributed by atoms with Gasteiger partial charge >= 0.3 is 0 Å². The predicted molar refractivity (Wildman–Crippen MR) is 146 cm³/mol. The average Bonchev–Trinajstić information content (AvgIpc) is 2.91. The molecule has 1 aliphatic carbocycles. The van der Waals surface area contributed by atoms with Gasteiger partial charge in [0.2, 0.25) is 0 Å². The van der Waals surface area contributed by atoms with Crippen molar-refractivity contribution in [2.24, 2.45) is 5.41 Å². The molecule has 4 aromatic rings. The summed E-state index contributed by atoms with van der Waals surface area (Å²) >= 11 is 0. The Bertz CT molecular complexity index is 1820. The first-order valence-electron chi connectivity index (χ1n) is 12.1. The van der Waals surface area contributed by atoms with E-state index in [1.54, 1.807) is 24.3 Å². The number of rotatable bonds is 4. The van der Waals surface area contributed by atoms with Gasteiger partial charge in [0.05, 0.1) is 21.5 Å². The van der Waals surface area contributed by atoms with Gasteiger partial charge in [-0.1, -0.05) is 50.3 Å². The maximum Gasteiger partial charge on any atom is 0.271 e. The molecule has 38 heavy (non-hydrogen) atoms. The van der Waals surface area contributed by atoms with E-state index in [1.165, 1.54) is 18.2 Å². The van der Waals surface area contributed by atoms with Gasteiger partial charge in [-0.25, -0.2) is 9.97 Å². The largest absolute Gasteiger partial charge is 0.507 e. The van der Waals surface area contributed by atoms with Crippen LogP contribution in [-0.4, -0.2) is 20.0 Å². The zero-order chi connectivity index (χ0) is 27.0. The minimum Gasteiger partial charge on any atom is -0.507 e. The van der Waals surface area contributed by atoms with Gasteiger partial charge in [-0.15, -0.1) is 0 Å². The van der Waals surface area contributed by atoms with Crippen LogP contribution in [0.25, 0.3) is 38.9 Å². The zero-order valence-electron chi connectivity index (χ0n) is 20.9.